The summed E-state index contributed by atoms with van der Waals surface area (Å²) in [6, 6.07) is 5.12. The fraction of sp³-hybridized carbons (Fsp3) is 0.273. The first-order valence-corrected chi connectivity index (χ1v) is 5.67. The van der Waals surface area contributed by atoms with Crippen molar-refractivity contribution in [3.05, 3.63) is 22.7 Å². The van der Waals surface area contributed by atoms with Gasteiger partial charge in [0.2, 0.25) is 5.91 Å². The number of anilines is 1. The number of rotatable bonds is 5. The van der Waals surface area contributed by atoms with Gasteiger partial charge in [-0.1, -0.05) is 15.9 Å². The first kappa shape index (κ1) is 13.5. The summed E-state index contributed by atoms with van der Waals surface area (Å²) < 4.78 is 5.81. The van der Waals surface area contributed by atoms with Crippen molar-refractivity contribution in [3.63, 3.8) is 0 Å². The molecule has 0 fully saturated rings. The Morgan fingerprint density at radius 1 is 1.35 bits per heavy atom. The van der Waals surface area contributed by atoms with E-state index >= 15 is 0 Å². The van der Waals surface area contributed by atoms with Gasteiger partial charge in [0.25, 0.3) is 0 Å². The number of ether oxygens (including phenoxy) is 1. The topological polar surface area (TPSA) is 75.6 Å². The minimum atomic E-state index is -0.994. The Bertz CT molecular complexity index is 433. The molecule has 0 heterocycles. The fourth-order valence-electron chi connectivity index (χ4n) is 1.20. The maximum absolute atomic E-state index is 11.4. The van der Waals surface area contributed by atoms with Crippen LogP contribution in [-0.2, 0) is 9.59 Å². The van der Waals surface area contributed by atoms with Gasteiger partial charge in [0, 0.05) is 22.6 Å². The number of aliphatic carboxylic acids is 1. The highest BCUT2D eigenvalue weighted by molar-refractivity contribution is 9.10. The highest BCUT2D eigenvalue weighted by Crippen LogP contribution is 2.24. The zero-order valence-electron chi connectivity index (χ0n) is 9.20. The molecule has 17 heavy (non-hydrogen) atoms. The summed E-state index contributed by atoms with van der Waals surface area (Å²) in [5.41, 5.74) is 0.562. The second-order valence-electron chi connectivity index (χ2n) is 3.32. The molecule has 0 aliphatic carbocycles. The molecule has 0 unspecified atom stereocenters. The summed E-state index contributed by atoms with van der Waals surface area (Å²) in [4.78, 5) is 21.7. The molecular weight excluding hydrogens is 290 g/mol. The normalized spacial score (nSPS) is 9.76. The van der Waals surface area contributed by atoms with Crippen molar-refractivity contribution in [2.45, 2.75) is 12.8 Å². The van der Waals surface area contributed by atoms with E-state index in [1.165, 1.54) is 7.11 Å². The second-order valence-corrected chi connectivity index (χ2v) is 4.24. The van der Waals surface area contributed by atoms with Crippen LogP contribution in [-0.4, -0.2) is 24.1 Å². The standard InChI is InChI=1S/C11H12BrNO4/c1-17-9-5-7(12)4-8(6-9)13-10(14)2-3-11(15)16/h4-6H,2-3H2,1H3,(H,13,14)(H,15,16). The smallest absolute Gasteiger partial charge is 0.303 e. The van der Waals surface area contributed by atoms with Gasteiger partial charge in [-0.3, -0.25) is 9.59 Å². The summed E-state index contributed by atoms with van der Waals surface area (Å²) in [5, 5.41) is 11.0. The zero-order valence-corrected chi connectivity index (χ0v) is 10.8. The Labute approximate surface area is 107 Å². The van der Waals surface area contributed by atoms with E-state index in [1.807, 2.05) is 0 Å². The number of carboxylic acid groups (broad SMARTS) is 1. The number of hydrogen-bond acceptors (Lipinski definition) is 3. The third kappa shape index (κ3) is 4.86. The lowest BCUT2D eigenvalue weighted by Crippen LogP contribution is -2.13. The van der Waals surface area contributed by atoms with E-state index in [1.54, 1.807) is 18.2 Å². The number of carboxylic acids is 1. The molecule has 0 spiro atoms. The van der Waals surface area contributed by atoms with Gasteiger partial charge in [0.1, 0.15) is 5.75 Å². The predicted octanol–water partition coefficient (Wildman–Crippen LogP) is 2.26. The molecule has 1 rings (SSSR count). The van der Waals surface area contributed by atoms with Crippen LogP contribution in [0.4, 0.5) is 5.69 Å². The number of methoxy groups -OCH3 is 1. The average Bonchev–Trinajstić information content (AvgIpc) is 2.25. The summed E-state index contributed by atoms with van der Waals surface area (Å²) in [6.45, 7) is 0. The number of halogens is 1. The molecule has 0 saturated carbocycles. The van der Waals surface area contributed by atoms with Gasteiger partial charge >= 0.3 is 5.97 Å². The number of amides is 1. The summed E-state index contributed by atoms with van der Waals surface area (Å²) >= 11 is 3.28. The largest absolute Gasteiger partial charge is 0.497 e. The number of hydrogen-bond donors (Lipinski definition) is 2. The van der Waals surface area contributed by atoms with Crippen molar-refractivity contribution < 1.29 is 19.4 Å². The average molecular weight is 302 g/mol. The lowest BCUT2D eigenvalue weighted by Gasteiger charge is -2.07. The van der Waals surface area contributed by atoms with E-state index in [4.69, 9.17) is 9.84 Å². The van der Waals surface area contributed by atoms with E-state index in [0.29, 0.717) is 11.4 Å². The summed E-state index contributed by atoms with van der Waals surface area (Å²) in [6.07, 6.45) is -0.235. The molecule has 0 bridgehead atoms. The highest BCUT2D eigenvalue weighted by Gasteiger charge is 2.07. The second kappa shape index (κ2) is 6.24. The molecule has 1 aromatic rings. The molecule has 5 nitrogen and oxygen atoms in total. The molecule has 6 heteroatoms. The fourth-order valence-corrected chi connectivity index (χ4v) is 1.67. The van der Waals surface area contributed by atoms with Gasteiger partial charge in [-0.2, -0.15) is 0 Å². The van der Waals surface area contributed by atoms with Gasteiger partial charge in [0.15, 0.2) is 0 Å². The molecule has 0 radical (unpaired) electrons. The highest BCUT2D eigenvalue weighted by atomic mass is 79.9. The molecule has 0 aliphatic rings. The third-order valence-corrected chi connectivity index (χ3v) is 2.41. The number of carbonyl (C=O) groups excluding carboxylic acids is 1. The molecule has 0 atom stereocenters. The van der Waals surface area contributed by atoms with Gasteiger partial charge in [0.05, 0.1) is 13.5 Å². The monoisotopic (exact) mass is 301 g/mol. The Hall–Kier alpha value is -1.56. The van der Waals surface area contributed by atoms with Crippen LogP contribution in [0.25, 0.3) is 0 Å². The van der Waals surface area contributed by atoms with E-state index < -0.39 is 5.97 Å². The van der Waals surface area contributed by atoms with Crippen molar-refractivity contribution >= 4 is 33.5 Å². The third-order valence-electron chi connectivity index (χ3n) is 1.96. The Morgan fingerprint density at radius 2 is 2.06 bits per heavy atom. The van der Waals surface area contributed by atoms with Gasteiger partial charge in [-0.15, -0.1) is 0 Å². The maximum atomic E-state index is 11.4. The van der Waals surface area contributed by atoms with Gasteiger partial charge in [-0.05, 0) is 12.1 Å². The van der Waals surface area contributed by atoms with Crippen molar-refractivity contribution in [1.29, 1.82) is 0 Å². The molecular formula is C11H12BrNO4. The molecule has 2 N–H and O–H groups in total. The van der Waals surface area contributed by atoms with Gasteiger partial charge in [-0.25, -0.2) is 0 Å². The van der Waals surface area contributed by atoms with Crippen LogP contribution in [0.3, 0.4) is 0 Å². The number of nitrogens with one attached hydrogen (secondary N) is 1. The first-order chi connectivity index (χ1) is 8.01. The number of benzene rings is 1. The minimum absolute atomic E-state index is 0.0514. The molecule has 92 valence electrons. The van der Waals surface area contributed by atoms with Gasteiger partial charge < -0.3 is 15.2 Å². The zero-order chi connectivity index (χ0) is 12.8. The Kier molecular flexibility index (Phi) is 4.96. The van der Waals surface area contributed by atoms with E-state index in [0.717, 1.165) is 4.47 Å². The minimum Gasteiger partial charge on any atom is -0.497 e. The van der Waals surface area contributed by atoms with E-state index in [-0.39, 0.29) is 18.7 Å². The first-order valence-electron chi connectivity index (χ1n) is 4.87. The molecule has 0 aliphatic heterocycles. The van der Waals surface area contributed by atoms with Crippen LogP contribution < -0.4 is 10.1 Å². The van der Waals surface area contributed by atoms with Crippen LogP contribution in [0.1, 0.15) is 12.8 Å². The molecule has 0 saturated heterocycles. The SMILES string of the molecule is COc1cc(Br)cc(NC(=O)CCC(=O)O)c1. The summed E-state index contributed by atoms with van der Waals surface area (Å²) in [5.74, 6) is -0.729. The van der Waals surface area contributed by atoms with Crippen LogP contribution >= 0.6 is 15.9 Å². The Balaban J connectivity index is 2.64. The van der Waals surface area contributed by atoms with Crippen LogP contribution in [0.5, 0.6) is 5.75 Å². The van der Waals surface area contributed by atoms with E-state index in [2.05, 4.69) is 21.2 Å². The van der Waals surface area contributed by atoms with Crippen molar-refractivity contribution in [2.75, 3.05) is 12.4 Å². The van der Waals surface area contributed by atoms with Crippen LogP contribution in [0.2, 0.25) is 0 Å². The Morgan fingerprint density at radius 3 is 2.65 bits per heavy atom. The lowest BCUT2D eigenvalue weighted by molar-refractivity contribution is -0.138. The van der Waals surface area contributed by atoms with E-state index in [9.17, 15) is 9.59 Å². The number of carbonyl (C=O) groups is 2. The summed E-state index contributed by atoms with van der Waals surface area (Å²) in [7, 11) is 1.53. The van der Waals surface area contributed by atoms with Crippen LogP contribution in [0.15, 0.2) is 22.7 Å². The molecule has 1 aromatic carbocycles. The van der Waals surface area contributed by atoms with Crippen molar-refractivity contribution in [3.8, 4) is 5.75 Å². The van der Waals surface area contributed by atoms with Crippen molar-refractivity contribution in [1.82, 2.24) is 0 Å². The lowest BCUT2D eigenvalue weighted by atomic mass is 10.2. The molecule has 0 aromatic heterocycles. The molecule has 1 amide bonds. The maximum Gasteiger partial charge on any atom is 0.303 e. The van der Waals surface area contributed by atoms with Crippen LogP contribution in [0, 0.1) is 0 Å². The predicted molar refractivity (Wildman–Crippen MR) is 66.2 cm³/mol. The quantitative estimate of drug-likeness (QED) is 0.875. The van der Waals surface area contributed by atoms with Crippen molar-refractivity contribution in [2.24, 2.45) is 0 Å².